The molecule has 0 N–H and O–H groups in total. The van der Waals surface area contributed by atoms with Gasteiger partial charge in [-0.1, -0.05) is 97.1 Å². The van der Waals surface area contributed by atoms with E-state index in [1.54, 1.807) is 118 Å². The summed E-state index contributed by atoms with van der Waals surface area (Å²) in [7, 11) is 0. The maximum atomic E-state index is 5.26. The zero-order valence-corrected chi connectivity index (χ0v) is 76.3. The second-order valence-electron chi connectivity index (χ2n) is 31.3. The first-order valence-electron chi connectivity index (χ1n) is 45.8. The molecule has 0 spiro atoms. The van der Waals surface area contributed by atoms with Crippen molar-refractivity contribution < 1.29 is 9.47 Å². The Balaban J connectivity index is 0.000000113. The van der Waals surface area contributed by atoms with Crippen molar-refractivity contribution in [2.75, 3.05) is 13.2 Å². The van der Waals surface area contributed by atoms with E-state index >= 15 is 0 Å². The number of hydrogen-bond acceptors (Lipinski definition) is 29. The first-order valence-corrected chi connectivity index (χ1v) is 45.8. The highest BCUT2D eigenvalue weighted by molar-refractivity contribution is 5.81. The molecule has 29 nitrogen and oxygen atoms in total. The number of benzene rings is 4. The number of aryl methyl sites for hydroxylation is 8. The third-order valence-electron chi connectivity index (χ3n) is 22.0. The number of hydrogen-bond donors (Lipinski definition) is 0. The second kappa shape index (κ2) is 54.2. The molecular formula is C109H101N27O2. The number of aromatic nitrogens is 27. The smallest absolute Gasteiger partial charge is 0.178 e. The summed E-state index contributed by atoms with van der Waals surface area (Å²) in [4.78, 5) is 93.5. The molecule has 20 heterocycles. The van der Waals surface area contributed by atoms with Gasteiger partial charge in [0.05, 0.1) is 84.5 Å². The minimum atomic E-state index is 0.677. The van der Waals surface area contributed by atoms with Crippen molar-refractivity contribution in [3.8, 4) is 0 Å². The van der Waals surface area contributed by atoms with Gasteiger partial charge in [0.1, 0.15) is 37.2 Å². The summed E-state index contributed by atoms with van der Waals surface area (Å²) in [5.74, 6) is 0. The normalized spacial score (nSPS) is 12.6. The van der Waals surface area contributed by atoms with E-state index in [-0.39, 0.29) is 0 Å². The molecule has 0 radical (unpaired) electrons. The van der Waals surface area contributed by atoms with E-state index in [4.69, 9.17) is 9.47 Å². The summed E-state index contributed by atoms with van der Waals surface area (Å²) in [6, 6.07) is 67.2. The second-order valence-corrected chi connectivity index (χ2v) is 31.3. The van der Waals surface area contributed by atoms with Gasteiger partial charge in [0.2, 0.25) is 0 Å². The molecule has 4 aromatic carbocycles. The fourth-order valence-corrected chi connectivity index (χ4v) is 15.0. The molecule has 4 aliphatic carbocycles. The van der Waals surface area contributed by atoms with E-state index in [1.807, 2.05) is 231 Å². The molecule has 29 heteroatoms. The first kappa shape index (κ1) is 95.6. The van der Waals surface area contributed by atoms with Gasteiger partial charge in [0.15, 0.2) is 16.9 Å². The molecule has 2 aliphatic heterocycles. The zero-order valence-electron chi connectivity index (χ0n) is 76.3. The Hall–Kier alpha value is -17.1. The number of ether oxygens (including phenoxy) is 2. The summed E-state index contributed by atoms with van der Waals surface area (Å²) in [5.41, 5.74) is 23.4. The van der Waals surface area contributed by atoms with Crippen molar-refractivity contribution in [1.29, 1.82) is 0 Å². The first-order chi connectivity index (χ1) is 68.5. The third kappa shape index (κ3) is 30.5. The Labute approximate surface area is 798 Å². The van der Waals surface area contributed by atoms with E-state index in [0.29, 0.717) is 12.3 Å². The van der Waals surface area contributed by atoms with Gasteiger partial charge in [0, 0.05) is 196 Å². The minimum absolute atomic E-state index is 0.677. The van der Waals surface area contributed by atoms with Gasteiger partial charge in [-0.15, -0.1) is 0 Å². The molecule has 0 saturated carbocycles. The number of para-hydroxylation sites is 3. The molecule has 0 amide bonds. The van der Waals surface area contributed by atoms with Crippen molar-refractivity contribution in [3.63, 3.8) is 0 Å². The topological polar surface area (TPSA) is 366 Å². The fourth-order valence-electron chi connectivity index (χ4n) is 15.0. The van der Waals surface area contributed by atoms with Gasteiger partial charge < -0.3 is 9.47 Å². The minimum Gasteiger partial charge on any atom is -0.376 e. The Morgan fingerprint density at radius 3 is 1.10 bits per heavy atom. The molecule has 0 fully saturated rings. The van der Waals surface area contributed by atoms with Crippen LogP contribution in [-0.2, 0) is 86.9 Å². The highest BCUT2D eigenvalue weighted by Gasteiger charge is 2.14. The van der Waals surface area contributed by atoms with E-state index in [0.717, 1.165) is 139 Å². The summed E-state index contributed by atoms with van der Waals surface area (Å²) >= 11 is 0. The van der Waals surface area contributed by atoms with Crippen LogP contribution in [0.25, 0.3) is 87.7 Å². The molecule has 0 bridgehead atoms. The highest BCUT2D eigenvalue weighted by Crippen LogP contribution is 2.23. The maximum absolute atomic E-state index is 5.26. The summed E-state index contributed by atoms with van der Waals surface area (Å²) in [6.07, 6.45) is 66.1. The van der Waals surface area contributed by atoms with Crippen LogP contribution in [0.1, 0.15) is 106 Å². The molecular weight excluding hydrogens is 1720 g/mol. The Morgan fingerprint density at radius 2 is 0.543 bits per heavy atom. The predicted molar refractivity (Wildman–Crippen MR) is 535 cm³/mol. The number of rotatable bonds is 0. The lowest BCUT2D eigenvalue weighted by atomic mass is 9.96. The maximum Gasteiger partial charge on any atom is 0.178 e. The van der Waals surface area contributed by atoms with E-state index < -0.39 is 0 Å². The van der Waals surface area contributed by atoms with Gasteiger partial charge in [-0.3, -0.25) is 39.9 Å². The van der Waals surface area contributed by atoms with E-state index in [1.165, 1.54) is 140 Å². The third-order valence-corrected chi connectivity index (χ3v) is 22.0. The average Bonchev–Trinajstić information content (AvgIpc) is 1.41. The predicted octanol–water partition coefficient (Wildman–Crippen LogP) is 19.4. The van der Waals surface area contributed by atoms with Crippen LogP contribution in [0.15, 0.2) is 374 Å². The quantitative estimate of drug-likeness (QED) is 0.136. The van der Waals surface area contributed by atoms with Crippen LogP contribution in [0.4, 0.5) is 0 Å². The van der Waals surface area contributed by atoms with Crippen LogP contribution in [0.5, 0.6) is 0 Å². The SMILES string of the molecule is c1ccc2cnncc2c1.c1ccc2nccnc2c1.c1ccc2ncncc2c1.c1ccc2nnccc2c1.c1cnc2c(c1)CCC2.c1cnc2c(c1)CCCC2.c1cnc2c(c1)COCC2.c1cnc2cnccc2c1.c1cnc2ncccc2c1.c1cnc2nccnc2c1.c1cnc2ncncc2c1.c1ncc2c(n1)CCC2.c1ncc2c(n1)CCCC2.c1ncc2c(n1)CCOC2. The molecule has 22 aromatic rings. The standard InChI is InChI=1S/C9H11N.2C8H6N2.C8H10N2.4C8H6N2.C8H9NO.C8H9N.2C7H5N3.C7H8N2O.C7H8N2/c1-2-6-9-8(4-1)5-3-7-10-9;1-3-7-4-2-6-10-8(7)9-5-1;1-2-7-3-5-9-6-8(7)10-4-1;2*1-2-4-8-7(3-1)5-9-6-10-8;1-2-4-8-6-10-9-5-7(8)3-1;1-2-4-8-7(3-1)9-5-6-10-8;1-2-4-8-7(3-1)5-6-9-10-8;1-2-7-6-10-5-3-8(7)9-4-1;1-3-7-4-2-6-9-8(7)5-1;1-2-6-4-8-5-10-7(6)9-3-1;1-2-6-7(9-3-1)10-5-4-8-6;1-2-10-4-6-3-8-5-9-7(1)6;1-2-6-4-8-5-9-7(6)3-1/h3,5,7H,1-2,4,6H2;2*1-6H;5-6H,1-4H2;4*1-6H;1-2,4H,3,5-6H2;2,4,6H,1,3,5H2;2*1-5H;3,5H,1-2,4H2;4-5H,1-3H2. The Kier molecular flexibility index (Phi) is 37.5. The van der Waals surface area contributed by atoms with Crippen molar-refractivity contribution >= 4 is 87.7 Å². The fraction of sp³-hybridized carbons (Fsp3) is 0.183. The zero-order chi connectivity index (χ0) is 93.9. The molecule has 0 atom stereocenters. The van der Waals surface area contributed by atoms with Crippen LogP contribution in [0.3, 0.4) is 0 Å². The summed E-state index contributed by atoms with van der Waals surface area (Å²) in [6.45, 7) is 3.04. The number of fused-ring (bicyclic) bond motifs is 14. The lowest BCUT2D eigenvalue weighted by Crippen LogP contribution is -2.11. The van der Waals surface area contributed by atoms with Crippen LogP contribution in [-0.4, -0.2) is 148 Å². The van der Waals surface area contributed by atoms with E-state index in [2.05, 4.69) is 153 Å². The Bertz CT molecular complexity index is 5670. The lowest BCUT2D eigenvalue weighted by molar-refractivity contribution is 0.109. The van der Waals surface area contributed by atoms with Crippen LogP contribution >= 0.6 is 0 Å². The molecule has 684 valence electrons. The van der Waals surface area contributed by atoms with Crippen LogP contribution in [0, 0.1) is 0 Å². The lowest BCUT2D eigenvalue weighted by Gasteiger charge is -2.13. The van der Waals surface area contributed by atoms with Crippen LogP contribution in [0.2, 0.25) is 0 Å². The number of nitrogens with zero attached hydrogens (tertiary/aromatic N) is 27. The molecule has 0 unspecified atom stereocenters. The highest BCUT2D eigenvalue weighted by atomic mass is 16.5. The van der Waals surface area contributed by atoms with Gasteiger partial charge in [-0.2, -0.15) is 20.4 Å². The van der Waals surface area contributed by atoms with Crippen molar-refractivity contribution in [2.45, 2.75) is 116 Å². The average molecular weight is 1820 g/mol. The molecule has 138 heavy (non-hydrogen) atoms. The molecule has 6 aliphatic rings. The monoisotopic (exact) mass is 1820 g/mol. The Morgan fingerprint density at radius 1 is 0.174 bits per heavy atom. The van der Waals surface area contributed by atoms with E-state index in [9.17, 15) is 0 Å². The molecule has 0 saturated heterocycles. The van der Waals surface area contributed by atoms with Crippen molar-refractivity contribution in [2.24, 2.45) is 0 Å². The molecule has 28 rings (SSSR count). The van der Waals surface area contributed by atoms with Crippen molar-refractivity contribution in [1.82, 2.24) is 135 Å². The van der Waals surface area contributed by atoms with Gasteiger partial charge >= 0.3 is 0 Å². The van der Waals surface area contributed by atoms with Gasteiger partial charge in [-0.05, 0) is 227 Å². The largest absolute Gasteiger partial charge is 0.376 e. The van der Waals surface area contributed by atoms with Crippen molar-refractivity contribution in [3.05, 3.63) is 442 Å². The van der Waals surface area contributed by atoms with Gasteiger partial charge in [-0.25, -0.2) is 74.8 Å². The summed E-state index contributed by atoms with van der Waals surface area (Å²) in [5, 5.41) is 22.9. The molecule has 18 aromatic heterocycles. The number of pyridine rings is 9. The van der Waals surface area contributed by atoms with Gasteiger partial charge in [0.25, 0.3) is 0 Å². The summed E-state index contributed by atoms with van der Waals surface area (Å²) < 4.78 is 10.5. The van der Waals surface area contributed by atoms with Crippen LogP contribution < -0.4 is 0 Å².